The van der Waals surface area contributed by atoms with Gasteiger partial charge in [-0.25, -0.2) is 4.79 Å². The summed E-state index contributed by atoms with van der Waals surface area (Å²) >= 11 is 0. The molecule has 1 aliphatic rings. The topological polar surface area (TPSA) is 46.6 Å². The Balaban J connectivity index is 1.80. The fourth-order valence-corrected chi connectivity index (χ4v) is 2.62. The van der Waals surface area contributed by atoms with Crippen LogP contribution in [0.4, 0.5) is 4.79 Å². The molecule has 1 fully saturated rings. The minimum Gasteiger partial charge on any atom is -0.445 e. The van der Waals surface area contributed by atoms with Crippen molar-refractivity contribution in [1.29, 1.82) is 0 Å². The maximum absolute atomic E-state index is 12.1. The number of benzene rings is 1. The molecular weight excluding hydrogens is 254 g/mol. The van der Waals surface area contributed by atoms with Gasteiger partial charge in [0, 0.05) is 19.0 Å². The number of amides is 1. The minimum atomic E-state index is -0.234. The molecule has 0 radical (unpaired) electrons. The molecule has 0 unspecified atom stereocenters. The highest BCUT2D eigenvalue weighted by molar-refractivity contribution is 5.68. The molecule has 0 N–H and O–H groups in total. The Hall–Kier alpha value is -1.84. The normalized spacial score (nSPS) is 18.0. The second-order valence-electron chi connectivity index (χ2n) is 5.13. The molecule has 0 aliphatic carbocycles. The lowest BCUT2D eigenvalue weighted by Crippen LogP contribution is -2.35. The number of carbonyl (C=O) groups is 2. The van der Waals surface area contributed by atoms with Gasteiger partial charge in [0.25, 0.3) is 0 Å². The lowest BCUT2D eigenvalue weighted by Gasteiger charge is -2.23. The molecule has 1 aromatic rings. The third-order valence-corrected chi connectivity index (χ3v) is 3.68. The van der Waals surface area contributed by atoms with Crippen molar-refractivity contribution in [2.24, 2.45) is 0 Å². The highest BCUT2D eigenvalue weighted by Crippen LogP contribution is 2.22. The molecule has 1 saturated heterocycles. The van der Waals surface area contributed by atoms with Crippen LogP contribution in [0.1, 0.15) is 37.7 Å². The fraction of sp³-hybridized carbons (Fsp3) is 0.500. The molecule has 0 bridgehead atoms. The Kier molecular flexibility index (Phi) is 5.59. The summed E-state index contributed by atoms with van der Waals surface area (Å²) in [7, 11) is 0. The van der Waals surface area contributed by atoms with Crippen LogP contribution in [0.15, 0.2) is 30.3 Å². The Bertz CT molecular complexity index is 433. The average Bonchev–Trinajstić information content (AvgIpc) is 2.95. The Morgan fingerprint density at radius 2 is 2.15 bits per heavy atom. The van der Waals surface area contributed by atoms with Crippen LogP contribution in [0.3, 0.4) is 0 Å². The predicted octanol–water partition coefficient (Wildman–Crippen LogP) is 3.16. The van der Waals surface area contributed by atoms with Crippen molar-refractivity contribution < 1.29 is 14.3 Å². The number of rotatable bonds is 6. The second kappa shape index (κ2) is 7.68. The maximum atomic E-state index is 12.1. The average molecular weight is 275 g/mol. The molecule has 1 amide bonds. The standard InChI is InChI=1S/C16H21NO3/c18-12-5-4-9-15-10-6-11-17(15)16(19)20-13-14-7-2-1-3-8-14/h1-3,7-8,12,15H,4-6,9-11,13H2/t15-/m1/s1. The van der Waals surface area contributed by atoms with E-state index in [1.807, 2.05) is 35.2 Å². The van der Waals surface area contributed by atoms with Crippen molar-refractivity contribution in [2.45, 2.75) is 44.8 Å². The molecule has 1 heterocycles. The van der Waals surface area contributed by atoms with Gasteiger partial charge in [-0.3, -0.25) is 0 Å². The van der Waals surface area contributed by atoms with Crippen molar-refractivity contribution in [2.75, 3.05) is 6.54 Å². The van der Waals surface area contributed by atoms with Crippen molar-refractivity contribution >= 4 is 12.4 Å². The van der Waals surface area contributed by atoms with E-state index in [1.54, 1.807) is 0 Å². The van der Waals surface area contributed by atoms with Crippen molar-refractivity contribution in [3.05, 3.63) is 35.9 Å². The van der Waals surface area contributed by atoms with Crippen LogP contribution in [-0.4, -0.2) is 29.9 Å². The summed E-state index contributed by atoms with van der Waals surface area (Å²) < 4.78 is 5.37. The van der Waals surface area contributed by atoms with Gasteiger partial charge in [-0.2, -0.15) is 0 Å². The molecule has 108 valence electrons. The van der Waals surface area contributed by atoms with E-state index in [1.165, 1.54) is 0 Å². The van der Waals surface area contributed by atoms with Crippen LogP contribution >= 0.6 is 0 Å². The van der Waals surface area contributed by atoms with Crippen LogP contribution in [0, 0.1) is 0 Å². The largest absolute Gasteiger partial charge is 0.445 e. The predicted molar refractivity (Wildman–Crippen MR) is 76.3 cm³/mol. The summed E-state index contributed by atoms with van der Waals surface area (Å²) in [5.41, 5.74) is 0.998. The minimum absolute atomic E-state index is 0.234. The maximum Gasteiger partial charge on any atom is 0.410 e. The Morgan fingerprint density at radius 1 is 1.35 bits per heavy atom. The number of likely N-dealkylation sites (tertiary alicyclic amines) is 1. The monoisotopic (exact) mass is 275 g/mol. The van der Waals surface area contributed by atoms with E-state index in [0.29, 0.717) is 13.0 Å². The summed E-state index contributed by atoms with van der Waals surface area (Å²) in [6, 6.07) is 9.92. The summed E-state index contributed by atoms with van der Waals surface area (Å²) in [5.74, 6) is 0. The SMILES string of the molecule is O=CCCC[C@@H]1CCCN1C(=O)OCc1ccccc1. The third kappa shape index (κ3) is 4.08. The van der Waals surface area contributed by atoms with Gasteiger partial charge >= 0.3 is 6.09 Å². The molecule has 1 atom stereocenters. The summed E-state index contributed by atoms with van der Waals surface area (Å²) in [4.78, 5) is 24.3. The number of nitrogens with zero attached hydrogens (tertiary/aromatic N) is 1. The second-order valence-corrected chi connectivity index (χ2v) is 5.13. The van der Waals surface area contributed by atoms with Gasteiger partial charge in [-0.15, -0.1) is 0 Å². The van der Waals surface area contributed by atoms with Crippen LogP contribution in [0.25, 0.3) is 0 Å². The van der Waals surface area contributed by atoms with Gasteiger partial charge in [-0.1, -0.05) is 30.3 Å². The van der Waals surface area contributed by atoms with Gasteiger partial charge in [0.15, 0.2) is 0 Å². The molecule has 0 aromatic heterocycles. The number of carbonyl (C=O) groups excluding carboxylic acids is 2. The molecule has 0 spiro atoms. The quantitative estimate of drug-likeness (QED) is 0.592. The van der Waals surface area contributed by atoms with Crippen LogP contribution < -0.4 is 0 Å². The summed E-state index contributed by atoms with van der Waals surface area (Å²) in [5, 5.41) is 0. The van der Waals surface area contributed by atoms with E-state index in [0.717, 1.165) is 44.1 Å². The molecule has 20 heavy (non-hydrogen) atoms. The first-order valence-electron chi connectivity index (χ1n) is 7.22. The molecular formula is C16H21NO3. The molecule has 0 saturated carbocycles. The lowest BCUT2D eigenvalue weighted by atomic mass is 10.1. The van der Waals surface area contributed by atoms with E-state index >= 15 is 0 Å². The zero-order valence-corrected chi connectivity index (χ0v) is 11.7. The molecule has 4 heteroatoms. The van der Waals surface area contributed by atoms with Gasteiger partial charge < -0.3 is 14.4 Å². The van der Waals surface area contributed by atoms with Crippen LogP contribution in [0.5, 0.6) is 0 Å². The first kappa shape index (κ1) is 14.6. The Morgan fingerprint density at radius 3 is 2.90 bits per heavy atom. The van der Waals surface area contributed by atoms with Gasteiger partial charge in [0.05, 0.1) is 0 Å². The fourth-order valence-electron chi connectivity index (χ4n) is 2.62. The van der Waals surface area contributed by atoms with Crippen LogP contribution in [0.2, 0.25) is 0 Å². The van der Waals surface area contributed by atoms with Crippen molar-refractivity contribution in [1.82, 2.24) is 4.90 Å². The number of ether oxygens (including phenoxy) is 1. The van der Waals surface area contributed by atoms with E-state index in [-0.39, 0.29) is 12.1 Å². The smallest absolute Gasteiger partial charge is 0.410 e. The lowest BCUT2D eigenvalue weighted by molar-refractivity contribution is -0.107. The van der Waals surface area contributed by atoms with Gasteiger partial charge in [0.2, 0.25) is 0 Å². The van der Waals surface area contributed by atoms with E-state index in [2.05, 4.69) is 0 Å². The zero-order chi connectivity index (χ0) is 14.2. The van der Waals surface area contributed by atoms with Gasteiger partial charge in [0.1, 0.15) is 12.9 Å². The zero-order valence-electron chi connectivity index (χ0n) is 11.7. The van der Waals surface area contributed by atoms with Crippen molar-refractivity contribution in [3.8, 4) is 0 Å². The third-order valence-electron chi connectivity index (χ3n) is 3.68. The summed E-state index contributed by atoms with van der Waals surface area (Å²) in [6.07, 6.45) is 5.04. The molecule has 2 rings (SSSR count). The first-order valence-corrected chi connectivity index (χ1v) is 7.22. The molecule has 1 aliphatic heterocycles. The summed E-state index contributed by atoms with van der Waals surface area (Å²) in [6.45, 7) is 1.08. The number of hydrogen-bond donors (Lipinski definition) is 0. The number of hydrogen-bond acceptors (Lipinski definition) is 3. The molecule has 1 aromatic carbocycles. The van der Waals surface area contributed by atoms with E-state index < -0.39 is 0 Å². The van der Waals surface area contributed by atoms with E-state index in [4.69, 9.17) is 4.74 Å². The van der Waals surface area contributed by atoms with Crippen LogP contribution in [-0.2, 0) is 16.1 Å². The number of aldehydes is 1. The molecule has 4 nitrogen and oxygen atoms in total. The highest BCUT2D eigenvalue weighted by Gasteiger charge is 2.29. The number of unbranched alkanes of at least 4 members (excludes halogenated alkanes) is 1. The van der Waals surface area contributed by atoms with E-state index in [9.17, 15) is 9.59 Å². The van der Waals surface area contributed by atoms with Crippen molar-refractivity contribution in [3.63, 3.8) is 0 Å². The van der Waals surface area contributed by atoms with Gasteiger partial charge in [-0.05, 0) is 31.2 Å². The Labute approximate surface area is 119 Å². The first-order chi connectivity index (χ1) is 9.81. The highest BCUT2D eigenvalue weighted by atomic mass is 16.6.